The van der Waals surface area contributed by atoms with Crippen LogP contribution >= 0.6 is 0 Å². The van der Waals surface area contributed by atoms with Crippen molar-refractivity contribution in [2.75, 3.05) is 13.1 Å². The zero-order chi connectivity index (χ0) is 23.2. The van der Waals surface area contributed by atoms with Crippen molar-refractivity contribution in [2.24, 2.45) is 5.92 Å². The molecule has 0 aliphatic carbocycles. The Morgan fingerprint density at radius 1 is 1.03 bits per heavy atom. The highest BCUT2D eigenvalue weighted by Gasteiger charge is 2.38. The van der Waals surface area contributed by atoms with Crippen molar-refractivity contribution < 1.29 is 13.9 Å². The molecule has 34 heavy (non-hydrogen) atoms. The van der Waals surface area contributed by atoms with Gasteiger partial charge in [-0.15, -0.1) is 0 Å². The van der Waals surface area contributed by atoms with Gasteiger partial charge in [-0.1, -0.05) is 36.4 Å². The maximum absolute atomic E-state index is 13.8. The highest BCUT2D eigenvalue weighted by molar-refractivity contribution is 5.99. The number of nitrogens with zero attached hydrogens (tertiary/aromatic N) is 2. The normalized spacial score (nSPS) is 19.1. The number of hydrogen-bond donors (Lipinski definition) is 0. The summed E-state index contributed by atoms with van der Waals surface area (Å²) in [5, 5.41) is 0.896. The minimum Gasteiger partial charge on any atom is -0.489 e. The summed E-state index contributed by atoms with van der Waals surface area (Å²) in [7, 11) is 0. The van der Waals surface area contributed by atoms with Gasteiger partial charge in [0.05, 0.1) is 0 Å². The SMILES string of the molecule is Cc1cccc(OCc2c(C(=O)N3CC4CC(C3)c3cccc(=O)n3C4)oc3ccccc23)c1. The zero-order valence-corrected chi connectivity index (χ0v) is 19.1. The molecule has 1 amide bonds. The Morgan fingerprint density at radius 2 is 1.88 bits per heavy atom. The minimum absolute atomic E-state index is 0.0415. The van der Waals surface area contributed by atoms with Crippen LogP contribution < -0.4 is 10.3 Å². The fourth-order valence-electron chi connectivity index (χ4n) is 5.48. The molecule has 2 aromatic heterocycles. The molecule has 0 spiro atoms. The predicted octanol–water partition coefficient (Wildman–Crippen LogP) is 4.74. The van der Waals surface area contributed by atoms with Crippen LogP contribution in [-0.2, 0) is 13.2 Å². The molecule has 2 bridgehead atoms. The summed E-state index contributed by atoms with van der Waals surface area (Å²) in [6, 6.07) is 21.0. The third kappa shape index (κ3) is 3.59. The van der Waals surface area contributed by atoms with Gasteiger partial charge in [0.15, 0.2) is 5.76 Å². The number of amides is 1. The summed E-state index contributed by atoms with van der Waals surface area (Å²) in [5.74, 6) is 1.41. The van der Waals surface area contributed by atoms with E-state index >= 15 is 0 Å². The smallest absolute Gasteiger partial charge is 0.290 e. The molecule has 2 atom stereocenters. The number of likely N-dealkylation sites (tertiary alicyclic amines) is 1. The van der Waals surface area contributed by atoms with Crippen LogP contribution in [-0.4, -0.2) is 28.5 Å². The first-order valence-electron chi connectivity index (χ1n) is 11.8. The van der Waals surface area contributed by atoms with E-state index in [0.717, 1.165) is 34.4 Å². The third-order valence-corrected chi connectivity index (χ3v) is 7.03. The number of furan rings is 1. The van der Waals surface area contributed by atoms with E-state index in [2.05, 4.69) is 0 Å². The quantitative estimate of drug-likeness (QED) is 0.447. The number of aryl methyl sites for hydroxylation is 1. The molecule has 6 heteroatoms. The number of carbonyl (C=O) groups is 1. The van der Waals surface area contributed by atoms with Gasteiger partial charge in [-0.3, -0.25) is 9.59 Å². The highest BCUT2D eigenvalue weighted by atomic mass is 16.5. The Hall–Kier alpha value is -3.80. The molecule has 2 aromatic carbocycles. The first-order valence-corrected chi connectivity index (χ1v) is 11.8. The maximum Gasteiger partial charge on any atom is 0.290 e. The van der Waals surface area contributed by atoms with Gasteiger partial charge in [0.2, 0.25) is 0 Å². The number of aromatic nitrogens is 1. The molecule has 2 unspecified atom stereocenters. The lowest BCUT2D eigenvalue weighted by Crippen LogP contribution is -2.49. The predicted molar refractivity (Wildman–Crippen MR) is 129 cm³/mol. The molecular weight excluding hydrogens is 428 g/mol. The van der Waals surface area contributed by atoms with Crippen LogP contribution in [0.2, 0.25) is 0 Å². The lowest BCUT2D eigenvalue weighted by Gasteiger charge is -2.42. The second-order valence-corrected chi connectivity index (χ2v) is 9.42. The van der Waals surface area contributed by atoms with Crippen molar-refractivity contribution in [1.29, 1.82) is 0 Å². The van der Waals surface area contributed by atoms with E-state index in [1.165, 1.54) is 0 Å². The van der Waals surface area contributed by atoms with E-state index in [0.29, 0.717) is 31.0 Å². The average Bonchev–Trinajstić information content (AvgIpc) is 3.21. The van der Waals surface area contributed by atoms with Crippen LogP contribution in [0.25, 0.3) is 11.0 Å². The molecule has 6 rings (SSSR count). The van der Waals surface area contributed by atoms with Crippen LogP contribution in [0, 0.1) is 12.8 Å². The lowest BCUT2D eigenvalue weighted by molar-refractivity contribution is 0.0562. The Morgan fingerprint density at radius 3 is 2.76 bits per heavy atom. The van der Waals surface area contributed by atoms with E-state index in [9.17, 15) is 9.59 Å². The molecule has 1 saturated heterocycles. The van der Waals surface area contributed by atoms with Gasteiger partial charge >= 0.3 is 0 Å². The largest absolute Gasteiger partial charge is 0.489 e. The molecule has 1 fully saturated rings. The second-order valence-electron chi connectivity index (χ2n) is 9.42. The number of rotatable bonds is 4. The van der Waals surface area contributed by atoms with Crippen LogP contribution in [0.3, 0.4) is 0 Å². The number of piperidine rings is 1. The molecule has 6 nitrogen and oxygen atoms in total. The van der Waals surface area contributed by atoms with Crippen LogP contribution in [0.4, 0.5) is 0 Å². The third-order valence-electron chi connectivity index (χ3n) is 7.03. The van der Waals surface area contributed by atoms with Crippen molar-refractivity contribution in [3.63, 3.8) is 0 Å². The standard InChI is InChI=1S/C28H26N2O4/c1-18-6-4-7-21(12-18)33-17-23-22-8-2-3-10-25(22)34-27(23)28(32)29-14-19-13-20(16-29)24-9-5-11-26(31)30(24)15-19/h2-12,19-20H,13-17H2,1H3. The Bertz CT molecular complexity index is 1450. The molecule has 172 valence electrons. The number of ether oxygens (including phenoxy) is 1. The topological polar surface area (TPSA) is 64.7 Å². The first kappa shape index (κ1) is 20.8. The van der Waals surface area contributed by atoms with Crippen molar-refractivity contribution in [1.82, 2.24) is 9.47 Å². The minimum atomic E-state index is -0.111. The monoisotopic (exact) mass is 454 g/mol. The van der Waals surface area contributed by atoms with Gasteiger partial charge < -0.3 is 18.6 Å². The van der Waals surface area contributed by atoms with E-state index in [4.69, 9.17) is 9.15 Å². The van der Waals surface area contributed by atoms with Crippen molar-refractivity contribution in [3.8, 4) is 5.75 Å². The summed E-state index contributed by atoms with van der Waals surface area (Å²) < 4.78 is 14.1. The molecule has 0 radical (unpaired) electrons. The van der Waals surface area contributed by atoms with Crippen molar-refractivity contribution in [3.05, 3.63) is 99.7 Å². The van der Waals surface area contributed by atoms with Gasteiger partial charge in [-0.05, 0) is 49.1 Å². The summed E-state index contributed by atoms with van der Waals surface area (Å²) in [4.78, 5) is 28.0. The first-order chi connectivity index (χ1) is 16.6. The number of pyridine rings is 1. The number of hydrogen-bond acceptors (Lipinski definition) is 4. The Labute approximate surface area is 197 Å². The lowest BCUT2D eigenvalue weighted by atomic mass is 9.83. The van der Waals surface area contributed by atoms with Crippen molar-refractivity contribution in [2.45, 2.75) is 32.4 Å². The van der Waals surface area contributed by atoms with E-state index in [1.54, 1.807) is 6.07 Å². The van der Waals surface area contributed by atoms with Gasteiger partial charge in [-0.2, -0.15) is 0 Å². The molecule has 0 N–H and O–H groups in total. The molecule has 4 heterocycles. The number of carbonyl (C=O) groups excluding carboxylic acids is 1. The zero-order valence-electron chi connectivity index (χ0n) is 19.1. The highest BCUT2D eigenvalue weighted by Crippen LogP contribution is 2.36. The molecule has 0 saturated carbocycles. The number of benzene rings is 2. The maximum atomic E-state index is 13.8. The molecule has 2 aliphatic heterocycles. The van der Waals surface area contributed by atoms with E-state index in [1.807, 2.05) is 77.1 Å². The van der Waals surface area contributed by atoms with E-state index < -0.39 is 0 Å². The van der Waals surface area contributed by atoms with Crippen LogP contribution in [0.5, 0.6) is 5.75 Å². The van der Waals surface area contributed by atoms with Crippen LogP contribution in [0.1, 0.15) is 39.7 Å². The average molecular weight is 455 g/mol. The Balaban J connectivity index is 1.32. The second kappa shape index (κ2) is 8.20. The molecule has 2 aliphatic rings. The fourth-order valence-corrected chi connectivity index (χ4v) is 5.48. The van der Waals surface area contributed by atoms with Gasteiger partial charge in [-0.25, -0.2) is 0 Å². The number of fused-ring (bicyclic) bond motifs is 5. The van der Waals surface area contributed by atoms with Crippen LogP contribution in [0.15, 0.2) is 75.9 Å². The fraction of sp³-hybridized carbons (Fsp3) is 0.286. The Kier molecular flexibility index (Phi) is 5.01. The summed E-state index contributed by atoms with van der Waals surface area (Å²) in [6.45, 7) is 4.12. The summed E-state index contributed by atoms with van der Waals surface area (Å²) in [5.41, 5.74) is 3.64. The van der Waals surface area contributed by atoms with E-state index in [-0.39, 0.29) is 29.9 Å². The number of para-hydroxylation sites is 1. The molecular formula is C28H26N2O4. The summed E-state index contributed by atoms with van der Waals surface area (Å²) in [6.07, 6.45) is 0.997. The van der Waals surface area contributed by atoms with Gasteiger partial charge in [0, 0.05) is 48.3 Å². The van der Waals surface area contributed by atoms with Gasteiger partial charge in [0.25, 0.3) is 11.5 Å². The van der Waals surface area contributed by atoms with Gasteiger partial charge in [0.1, 0.15) is 17.9 Å². The summed E-state index contributed by atoms with van der Waals surface area (Å²) >= 11 is 0. The molecule has 4 aromatic rings. The van der Waals surface area contributed by atoms with Crippen molar-refractivity contribution >= 4 is 16.9 Å².